The number of hydrogen-bond donors (Lipinski definition) is 0. The summed E-state index contributed by atoms with van der Waals surface area (Å²) in [7, 11) is 1.64. The first-order chi connectivity index (χ1) is 12.4. The highest BCUT2D eigenvalue weighted by molar-refractivity contribution is 9.10. The fourth-order valence-electron chi connectivity index (χ4n) is 2.40. The van der Waals surface area contributed by atoms with E-state index in [2.05, 4.69) is 21.0 Å². The molecule has 0 N–H and O–H groups in total. The van der Waals surface area contributed by atoms with Gasteiger partial charge in [0, 0.05) is 33.9 Å². The minimum atomic E-state index is -0.335. The number of aromatic nitrogens is 2. The molecular weight excluding hydrogens is 418 g/mol. The van der Waals surface area contributed by atoms with Crippen LogP contribution in [0.25, 0.3) is 11.3 Å². The molecule has 0 aliphatic carbocycles. The Morgan fingerprint density at radius 2 is 1.88 bits per heavy atom. The molecule has 3 rings (SSSR count). The van der Waals surface area contributed by atoms with Crippen molar-refractivity contribution in [2.75, 3.05) is 11.9 Å². The maximum Gasteiger partial charge on any atom is 0.267 e. The summed E-state index contributed by atoms with van der Waals surface area (Å²) in [5.41, 5.74) is 1.80. The summed E-state index contributed by atoms with van der Waals surface area (Å²) in [5.74, 6) is -0.269. The third-order valence-electron chi connectivity index (χ3n) is 3.86. The summed E-state index contributed by atoms with van der Waals surface area (Å²) in [6.45, 7) is -0.161. The van der Waals surface area contributed by atoms with Gasteiger partial charge >= 0.3 is 0 Å². The Morgan fingerprint density at radius 3 is 2.58 bits per heavy atom. The van der Waals surface area contributed by atoms with E-state index in [4.69, 9.17) is 11.6 Å². The number of benzene rings is 2. The lowest BCUT2D eigenvalue weighted by Crippen LogP contribution is -2.35. The van der Waals surface area contributed by atoms with E-state index in [-0.39, 0.29) is 18.0 Å². The van der Waals surface area contributed by atoms with Crippen LogP contribution in [0.2, 0.25) is 5.02 Å². The van der Waals surface area contributed by atoms with Gasteiger partial charge in [-0.15, -0.1) is 0 Å². The molecule has 132 valence electrons. The summed E-state index contributed by atoms with van der Waals surface area (Å²) in [6, 6.07) is 17.6. The Labute approximate surface area is 164 Å². The normalized spacial score (nSPS) is 10.6. The molecule has 0 spiro atoms. The van der Waals surface area contributed by atoms with E-state index in [1.165, 1.54) is 15.6 Å². The first-order valence-electron chi connectivity index (χ1n) is 7.80. The van der Waals surface area contributed by atoms with Crippen molar-refractivity contribution in [3.8, 4) is 11.3 Å². The second kappa shape index (κ2) is 7.85. The average Bonchev–Trinajstić information content (AvgIpc) is 2.63. The molecule has 0 saturated carbocycles. The molecule has 1 amide bonds. The summed E-state index contributed by atoms with van der Waals surface area (Å²) in [5, 5.41) is 4.86. The van der Waals surface area contributed by atoms with E-state index in [0.29, 0.717) is 16.4 Å². The number of likely N-dealkylation sites (N-methyl/N-ethyl adjacent to an activating group) is 1. The van der Waals surface area contributed by atoms with Gasteiger partial charge in [0.1, 0.15) is 6.54 Å². The Morgan fingerprint density at radius 1 is 1.15 bits per heavy atom. The number of hydrogen-bond acceptors (Lipinski definition) is 3. The monoisotopic (exact) mass is 431 g/mol. The Balaban J connectivity index is 1.85. The number of nitrogens with zero attached hydrogens (tertiary/aromatic N) is 3. The number of anilines is 1. The molecule has 3 aromatic rings. The van der Waals surface area contributed by atoms with Crippen LogP contribution < -0.4 is 10.5 Å². The maximum atomic E-state index is 12.5. The standard InChI is InChI=1S/C19H15BrClN3O2/c1-23(16-4-2-3-15(21)11-16)19(26)12-24-18(25)10-9-17(22-24)13-5-7-14(20)8-6-13/h2-11H,12H2,1H3. The quantitative estimate of drug-likeness (QED) is 0.626. The van der Waals surface area contributed by atoms with Crippen LogP contribution >= 0.6 is 27.5 Å². The molecule has 0 saturated heterocycles. The zero-order valence-corrected chi connectivity index (χ0v) is 16.2. The summed E-state index contributed by atoms with van der Waals surface area (Å²) in [4.78, 5) is 26.1. The summed E-state index contributed by atoms with van der Waals surface area (Å²) < 4.78 is 2.12. The minimum Gasteiger partial charge on any atom is -0.314 e. The average molecular weight is 433 g/mol. The van der Waals surface area contributed by atoms with Gasteiger partial charge in [0.25, 0.3) is 5.56 Å². The molecule has 0 radical (unpaired) electrons. The van der Waals surface area contributed by atoms with Crippen molar-refractivity contribution in [3.63, 3.8) is 0 Å². The van der Waals surface area contributed by atoms with Crippen LogP contribution in [0.3, 0.4) is 0 Å². The highest BCUT2D eigenvalue weighted by Gasteiger charge is 2.14. The first kappa shape index (κ1) is 18.4. The first-order valence-corrected chi connectivity index (χ1v) is 8.97. The molecule has 0 atom stereocenters. The predicted octanol–water partition coefficient (Wildman–Crippen LogP) is 3.99. The van der Waals surface area contributed by atoms with Crippen LogP contribution in [-0.2, 0) is 11.3 Å². The third kappa shape index (κ3) is 4.20. The Bertz CT molecular complexity index is 1000. The zero-order valence-electron chi connectivity index (χ0n) is 13.9. The van der Waals surface area contributed by atoms with Gasteiger partial charge in [0.05, 0.1) is 5.69 Å². The van der Waals surface area contributed by atoms with Gasteiger partial charge in [0.2, 0.25) is 5.91 Å². The van der Waals surface area contributed by atoms with Crippen molar-refractivity contribution < 1.29 is 4.79 Å². The molecule has 26 heavy (non-hydrogen) atoms. The fraction of sp³-hybridized carbons (Fsp3) is 0.105. The van der Waals surface area contributed by atoms with E-state index in [1.807, 2.05) is 24.3 Å². The molecule has 7 heteroatoms. The van der Waals surface area contributed by atoms with Gasteiger partial charge < -0.3 is 4.90 Å². The van der Waals surface area contributed by atoms with Crippen molar-refractivity contribution in [3.05, 3.63) is 80.5 Å². The van der Waals surface area contributed by atoms with Crippen LogP contribution in [0.4, 0.5) is 5.69 Å². The van der Waals surface area contributed by atoms with Crippen molar-refractivity contribution in [1.29, 1.82) is 0 Å². The van der Waals surface area contributed by atoms with E-state index >= 15 is 0 Å². The Hall–Kier alpha value is -2.44. The summed E-state index contributed by atoms with van der Waals surface area (Å²) >= 11 is 9.35. The van der Waals surface area contributed by atoms with Crippen molar-refractivity contribution in [2.45, 2.75) is 6.54 Å². The lowest BCUT2D eigenvalue weighted by molar-refractivity contribution is -0.119. The number of halogens is 2. The maximum absolute atomic E-state index is 12.5. The van der Waals surface area contributed by atoms with Crippen molar-refractivity contribution >= 4 is 39.1 Å². The second-order valence-corrected chi connectivity index (χ2v) is 7.01. The van der Waals surface area contributed by atoms with Gasteiger partial charge in [-0.1, -0.05) is 45.7 Å². The van der Waals surface area contributed by atoms with E-state index < -0.39 is 0 Å². The van der Waals surface area contributed by atoms with Gasteiger partial charge in [-0.3, -0.25) is 9.59 Å². The molecule has 5 nitrogen and oxygen atoms in total. The number of carbonyl (C=O) groups excluding carboxylic acids is 1. The number of amides is 1. The van der Waals surface area contributed by atoms with Crippen molar-refractivity contribution in [2.24, 2.45) is 0 Å². The van der Waals surface area contributed by atoms with Gasteiger partial charge in [-0.2, -0.15) is 5.10 Å². The predicted molar refractivity (Wildman–Crippen MR) is 106 cm³/mol. The molecule has 0 fully saturated rings. The molecule has 0 aliphatic rings. The van der Waals surface area contributed by atoms with Gasteiger partial charge in [-0.25, -0.2) is 4.68 Å². The molecular formula is C19H15BrClN3O2. The van der Waals surface area contributed by atoms with E-state index in [9.17, 15) is 9.59 Å². The van der Waals surface area contributed by atoms with Crippen LogP contribution in [0.5, 0.6) is 0 Å². The summed E-state index contributed by atoms with van der Waals surface area (Å²) in [6.07, 6.45) is 0. The van der Waals surface area contributed by atoms with Crippen LogP contribution in [0.1, 0.15) is 0 Å². The zero-order chi connectivity index (χ0) is 18.7. The lowest BCUT2D eigenvalue weighted by Gasteiger charge is -2.18. The van der Waals surface area contributed by atoms with E-state index in [1.54, 1.807) is 37.4 Å². The fourth-order valence-corrected chi connectivity index (χ4v) is 2.85. The molecule has 0 bridgehead atoms. The molecule has 1 heterocycles. The van der Waals surface area contributed by atoms with Gasteiger partial charge in [-0.05, 0) is 36.4 Å². The minimum absolute atomic E-state index is 0.161. The third-order valence-corrected chi connectivity index (χ3v) is 4.63. The second-order valence-electron chi connectivity index (χ2n) is 5.65. The topological polar surface area (TPSA) is 55.2 Å². The molecule has 2 aromatic carbocycles. The molecule has 0 aliphatic heterocycles. The van der Waals surface area contributed by atoms with Gasteiger partial charge in [0.15, 0.2) is 0 Å². The highest BCUT2D eigenvalue weighted by Crippen LogP contribution is 2.20. The SMILES string of the molecule is CN(C(=O)Cn1nc(-c2ccc(Br)cc2)ccc1=O)c1cccc(Cl)c1. The highest BCUT2D eigenvalue weighted by atomic mass is 79.9. The number of carbonyl (C=O) groups is 1. The Kier molecular flexibility index (Phi) is 5.54. The van der Waals surface area contributed by atoms with Crippen LogP contribution in [0.15, 0.2) is 69.9 Å². The molecule has 1 aromatic heterocycles. The van der Waals surface area contributed by atoms with E-state index in [0.717, 1.165) is 10.0 Å². The smallest absolute Gasteiger partial charge is 0.267 e. The number of rotatable bonds is 4. The van der Waals surface area contributed by atoms with Crippen LogP contribution in [-0.4, -0.2) is 22.7 Å². The van der Waals surface area contributed by atoms with Crippen molar-refractivity contribution in [1.82, 2.24) is 9.78 Å². The largest absolute Gasteiger partial charge is 0.314 e. The van der Waals surface area contributed by atoms with Crippen LogP contribution in [0, 0.1) is 0 Å². The molecule has 0 unspecified atom stereocenters. The lowest BCUT2D eigenvalue weighted by atomic mass is 10.1.